The highest BCUT2D eigenvalue weighted by atomic mass is 16.5. The fourth-order valence-corrected chi connectivity index (χ4v) is 3.19. The molecule has 0 radical (unpaired) electrons. The van der Waals surface area contributed by atoms with E-state index in [9.17, 15) is 0 Å². The second kappa shape index (κ2) is 7.15. The normalized spacial score (nSPS) is 11.6. The van der Waals surface area contributed by atoms with Gasteiger partial charge in [-0.2, -0.15) is 5.10 Å². The number of nitrogen functional groups attached to an aromatic ring is 1. The maximum atomic E-state index is 5.95. The SMILES string of the molecule is COCCCNCc1cc2c(-c3ccc4[nH]nc(N)c4c3)ccnc2[nH]1. The van der Waals surface area contributed by atoms with Crippen LogP contribution in [-0.4, -0.2) is 40.4 Å². The quantitative estimate of drug-likeness (QED) is 0.384. The van der Waals surface area contributed by atoms with Gasteiger partial charge in [0, 0.05) is 42.9 Å². The van der Waals surface area contributed by atoms with Crippen molar-refractivity contribution in [3.63, 3.8) is 0 Å². The van der Waals surface area contributed by atoms with E-state index < -0.39 is 0 Å². The Morgan fingerprint density at radius 2 is 2.12 bits per heavy atom. The van der Waals surface area contributed by atoms with Gasteiger partial charge in [-0.1, -0.05) is 6.07 Å². The Kier molecular flexibility index (Phi) is 4.55. The average molecular weight is 350 g/mol. The Morgan fingerprint density at radius 3 is 3.00 bits per heavy atom. The van der Waals surface area contributed by atoms with E-state index in [1.54, 1.807) is 7.11 Å². The number of hydrogen-bond donors (Lipinski definition) is 4. The minimum atomic E-state index is 0.516. The molecule has 7 heteroatoms. The highest BCUT2D eigenvalue weighted by Crippen LogP contribution is 2.31. The monoisotopic (exact) mass is 350 g/mol. The Morgan fingerprint density at radius 1 is 1.19 bits per heavy atom. The van der Waals surface area contributed by atoms with Crippen LogP contribution < -0.4 is 11.1 Å². The minimum absolute atomic E-state index is 0.516. The number of aromatic amines is 2. The summed E-state index contributed by atoms with van der Waals surface area (Å²) in [6, 6.07) is 10.3. The van der Waals surface area contributed by atoms with E-state index in [0.717, 1.165) is 64.9 Å². The van der Waals surface area contributed by atoms with Crippen molar-refractivity contribution in [2.75, 3.05) is 26.0 Å². The summed E-state index contributed by atoms with van der Waals surface area (Å²) in [7, 11) is 1.72. The number of ether oxygens (including phenoxy) is 1. The molecule has 4 rings (SSSR count). The molecule has 26 heavy (non-hydrogen) atoms. The van der Waals surface area contributed by atoms with E-state index in [1.165, 1.54) is 0 Å². The van der Waals surface area contributed by atoms with Gasteiger partial charge in [-0.25, -0.2) is 4.98 Å². The molecule has 0 amide bonds. The number of rotatable bonds is 7. The Hall–Kier alpha value is -2.90. The van der Waals surface area contributed by atoms with E-state index in [0.29, 0.717) is 5.82 Å². The predicted molar refractivity (Wildman–Crippen MR) is 104 cm³/mol. The Labute approximate surface area is 151 Å². The van der Waals surface area contributed by atoms with E-state index in [4.69, 9.17) is 10.5 Å². The smallest absolute Gasteiger partial charge is 0.153 e. The number of hydrogen-bond acceptors (Lipinski definition) is 5. The number of fused-ring (bicyclic) bond motifs is 2. The molecule has 0 spiro atoms. The van der Waals surface area contributed by atoms with Gasteiger partial charge in [-0.05, 0) is 48.4 Å². The first-order valence-corrected chi connectivity index (χ1v) is 8.66. The molecule has 134 valence electrons. The number of aromatic nitrogens is 4. The highest BCUT2D eigenvalue weighted by Gasteiger charge is 2.10. The molecule has 0 saturated heterocycles. The van der Waals surface area contributed by atoms with Crippen LogP contribution in [-0.2, 0) is 11.3 Å². The van der Waals surface area contributed by atoms with Crippen molar-refractivity contribution in [2.24, 2.45) is 0 Å². The Bertz CT molecular complexity index is 1040. The van der Waals surface area contributed by atoms with Crippen molar-refractivity contribution in [3.05, 3.63) is 42.2 Å². The Balaban J connectivity index is 1.63. The molecule has 1 aromatic carbocycles. The van der Waals surface area contributed by atoms with Crippen LogP contribution in [0.25, 0.3) is 33.1 Å². The summed E-state index contributed by atoms with van der Waals surface area (Å²) in [6.45, 7) is 2.46. The molecule has 7 nitrogen and oxygen atoms in total. The fraction of sp³-hybridized carbons (Fsp3) is 0.263. The number of nitrogens with one attached hydrogen (secondary N) is 3. The summed E-state index contributed by atoms with van der Waals surface area (Å²) in [5, 5.41) is 12.5. The number of pyridine rings is 1. The van der Waals surface area contributed by atoms with Gasteiger partial charge >= 0.3 is 0 Å². The molecule has 0 atom stereocenters. The number of anilines is 1. The van der Waals surface area contributed by atoms with Crippen molar-refractivity contribution in [1.29, 1.82) is 0 Å². The molecular formula is C19H22N6O. The number of methoxy groups -OCH3 is 1. The summed E-state index contributed by atoms with van der Waals surface area (Å²) in [5.74, 6) is 0.516. The zero-order valence-electron chi connectivity index (χ0n) is 14.7. The van der Waals surface area contributed by atoms with Crippen molar-refractivity contribution in [1.82, 2.24) is 25.5 Å². The summed E-state index contributed by atoms with van der Waals surface area (Å²) in [5.41, 5.74) is 11.1. The molecule has 4 aromatic rings. The summed E-state index contributed by atoms with van der Waals surface area (Å²) in [4.78, 5) is 7.86. The first-order chi connectivity index (χ1) is 12.8. The number of nitrogens with zero attached hydrogens (tertiary/aromatic N) is 2. The van der Waals surface area contributed by atoms with Crippen molar-refractivity contribution in [3.8, 4) is 11.1 Å². The predicted octanol–water partition coefficient (Wildman–Crippen LogP) is 2.81. The highest BCUT2D eigenvalue weighted by molar-refractivity contribution is 5.98. The largest absolute Gasteiger partial charge is 0.385 e. The summed E-state index contributed by atoms with van der Waals surface area (Å²) >= 11 is 0. The third-order valence-electron chi connectivity index (χ3n) is 4.51. The minimum Gasteiger partial charge on any atom is -0.385 e. The first kappa shape index (κ1) is 16.6. The second-order valence-corrected chi connectivity index (χ2v) is 6.31. The van der Waals surface area contributed by atoms with E-state index in [-0.39, 0.29) is 0 Å². The molecule has 0 aliphatic heterocycles. The average Bonchev–Trinajstić information content (AvgIpc) is 3.24. The topological polar surface area (TPSA) is 105 Å². The number of benzene rings is 1. The van der Waals surface area contributed by atoms with Crippen molar-refractivity contribution >= 4 is 27.8 Å². The van der Waals surface area contributed by atoms with Crippen LogP contribution in [0, 0.1) is 0 Å². The molecule has 3 heterocycles. The maximum Gasteiger partial charge on any atom is 0.153 e. The maximum absolute atomic E-state index is 5.95. The zero-order valence-corrected chi connectivity index (χ0v) is 14.7. The second-order valence-electron chi connectivity index (χ2n) is 6.31. The third kappa shape index (κ3) is 3.14. The summed E-state index contributed by atoms with van der Waals surface area (Å²) < 4.78 is 5.07. The van der Waals surface area contributed by atoms with Gasteiger partial charge < -0.3 is 20.8 Å². The number of nitrogens with two attached hydrogens (primary N) is 1. The van der Waals surface area contributed by atoms with Gasteiger partial charge in [0.15, 0.2) is 5.82 Å². The van der Waals surface area contributed by atoms with Gasteiger partial charge in [0.05, 0.1) is 5.52 Å². The standard InChI is InChI=1S/C19H22N6O/c1-26-8-2-6-21-11-13-10-15-14(5-7-22-19(15)23-13)12-3-4-17-16(9-12)18(20)25-24-17/h3-5,7,9-10,21H,2,6,8,11H2,1H3,(H,22,23)(H3,20,24,25). The van der Waals surface area contributed by atoms with E-state index in [2.05, 4.69) is 43.7 Å². The van der Waals surface area contributed by atoms with Gasteiger partial charge in [0.2, 0.25) is 0 Å². The lowest BCUT2D eigenvalue weighted by molar-refractivity contribution is 0.194. The van der Waals surface area contributed by atoms with Gasteiger partial charge in [0.1, 0.15) is 5.65 Å². The van der Waals surface area contributed by atoms with Crippen LogP contribution in [0.4, 0.5) is 5.82 Å². The van der Waals surface area contributed by atoms with Gasteiger partial charge in [-0.15, -0.1) is 0 Å². The molecule has 0 saturated carbocycles. The van der Waals surface area contributed by atoms with Crippen LogP contribution in [0.3, 0.4) is 0 Å². The third-order valence-corrected chi connectivity index (χ3v) is 4.51. The molecule has 0 unspecified atom stereocenters. The lowest BCUT2D eigenvalue weighted by Gasteiger charge is -2.03. The molecular weight excluding hydrogens is 328 g/mol. The van der Waals surface area contributed by atoms with Crippen molar-refractivity contribution < 1.29 is 4.74 Å². The van der Waals surface area contributed by atoms with Gasteiger partial charge in [-0.3, -0.25) is 5.10 Å². The molecule has 0 aliphatic rings. The van der Waals surface area contributed by atoms with Crippen LogP contribution in [0.1, 0.15) is 12.1 Å². The molecule has 5 N–H and O–H groups in total. The van der Waals surface area contributed by atoms with Gasteiger partial charge in [0.25, 0.3) is 0 Å². The van der Waals surface area contributed by atoms with Crippen LogP contribution >= 0.6 is 0 Å². The fourth-order valence-electron chi connectivity index (χ4n) is 3.19. The van der Waals surface area contributed by atoms with Crippen LogP contribution in [0.15, 0.2) is 36.5 Å². The summed E-state index contributed by atoms with van der Waals surface area (Å²) in [6.07, 6.45) is 2.82. The molecule has 0 fully saturated rings. The lowest BCUT2D eigenvalue weighted by atomic mass is 10.0. The van der Waals surface area contributed by atoms with Crippen LogP contribution in [0.2, 0.25) is 0 Å². The number of H-pyrrole nitrogens is 2. The lowest BCUT2D eigenvalue weighted by Crippen LogP contribution is -2.16. The molecule has 0 bridgehead atoms. The molecule has 0 aliphatic carbocycles. The first-order valence-electron chi connectivity index (χ1n) is 8.66. The molecule has 3 aromatic heterocycles. The zero-order chi connectivity index (χ0) is 17.9. The van der Waals surface area contributed by atoms with Crippen molar-refractivity contribution in [2.45, 2.75) is 13.0 Å². The van der Waals surface area contributed by atoms with E-state index >= 15 is 0 Å². The van der Waals surface area contributed by atoms with E-state index in [1.807, 2.05) is 18.3 Å². The van der Waals surface area contributed by atoms with Crippen LogP contribution in [0.5, 0.6) is 0 Å².